The number of thiophene rings is 1. The Kier molecular flexibility index (Phi) is 6.25. The van der Waals surface area contributed by atoms with Crippen molar-refractivity contribution >= 4 is 45.1 Å². The summed E-state index contributed by atoms with van der Waals surface area (Å²) >= 11 is 3.09. The maximum Gasteiger partial charge on any atom is 0.259 e. The van der Waals surface area contributed by atoms with E-state index in [1.807, 2.05) is 41.0 Å². The minimum absolute atomic E-state index is 0.0152. The smallest absolute Gasteiger partial charge is 0.259 e. The first-order valence-corrected chi connectivity index (χ1v) is 13.2. The number of piperazine rings is 1. The molecular formula is C24H26N4O3S2. The van der Waals surface area contributed by atoms with Crippen LogP contribution >= 0.6 is 23.1 Å². The molecule has 0 unspecified atom stereocenters. The first-order chi connectivity index (χ1) is 16.0. The molecule has 3 heterocycles. The maximum atomic E-state index is 12.7. The molecular weight excluding hydrogens is 456 g/mol. The van der Waals surface area contributed by atoms with Gasteiger partial charge in [0.15, 0.2) is 0 Å². The lowest BCUT2D eigenvalue weighted by Crippen LogP contribution is -2.51. The van der Waals surface area contributed by atoms with E-state index in [2.05, 4.69) is 9.97 Å². The highest BCUT2D eigenvalue weighted by Crippen LogP contribution is 2.34. The summed E-state index contributed by atoms with van der Waals surface area (Å²) < 4.78 is 0. The van der Waals surface area contributed by atoms with Crippen LogP contribution in [0.1, 0.15) is 38.6 Å². The minimum atomic E-state index is -0.0595. The van der Waals surface area contributed by atoms with Gasteiger partial charge in [-0.3, -0.25) is 14.4 Å². The van der Waals surface area contributed by atoms with Crippen molar-refractivity contribution in [2.24, 2.45) is 0 Å². The number of aromatic nitrogens is 2. The number of aryl methyl sites for hydroxylation is 3. The predicted molar refractivity (Wildman–Crippen MR) is 132 cm³/mol. The van der Waals surface area contributed by atoms with E-state index in [-0.39, 0.29) is 17.4 Å². The van der Waals surface area contributed by atoms with Gasteiger partial charge in [-0.1, -0.05) is 17.7 Å². The lowest BCUT2D eigenvalue weighted by atomic mass is 10.1. The van der Waals surface area contributed by atoms with Crippen LogP contribution in [0, 0.1) is 6.92 Å². The molecule has 2 amide bonds. The summed E-state index contributed by atoms with van der Waals surface area (Å²) in [5.74, 6) is 1.51. The van der Waals surface area contributed by atoms with Crippen LogP contribution in [0.25, 0.3) is 10.2 Å². The molecule has 1 fully saturated rings. The minimum Gasteiger partial charge on any atom is -0.338 e. The second-order valence-corrected chi connectivity index (χ2v) is 10.7. The van der Waals surface area contributed by atoms with E-state index in [4.69, 9.17) is 0 Å². The molecule has 0 bridgehead atoms. The number of rotatable bonds is 5. The van der Waals surface area contributed by atoms with E-state index < -0.39 is 0 Å². The van der Waals surface area contributed by atoms with Crippen LogP contribution in [0.3, 0.4) is 0 Å². The molecule has 1 N–H and O–H groups in total. The highest BCUT2D eigenvalue weighted by molar-refractivity contribution is 7.99. The third-order valence-electron chi connectivity index (χ3n) is 6.31. The van der Waals surface area contributed by atoms with Crippen LogP contribution in [-0.2, 0) is 23.4 Å². The molecule has 2 aromatic heterocycles. The molecule has 0 radical (unpaired) electrons. The number of nitrogens with zero attached hydrogens (tertiary/aromatic N) is 3. The summed E-state index contributed by atoms with van der Waals surface area (Å²) in [5, 5.41) is 0.760. The molecule has 2 aliphatic rings. The van der Waals surface area contributed by atoms with Crippen molar-refractivity contribution in [3.05, 3.63) is 62.0 Å². The van der Waals surface area contributed by atoms with Crippen LogP contribution in [-0.4, -0.2) is 63.5 Å². The Balaban J connectivity index is 1.12. The van der Waals surface area contributed by atoms with Gasteiger partial charge in [-0.25, -0.2) is 4.98 Å². The lowest BCUT2D eigenvalue weighted by molar-refractivity contribution is -0.129. The molecule has 1 saturated heterocycles. The zero-order valence-corrected chi connectivity index (χ0v) is 20.2. The van der Waals surface area contributed by atoms with Crippen molar-refractivity contribution in [2.45, 2.75) is 31.9 Å². The molecule has 7 nitrogen and oxygen atoms in total. The summed E-state index contributed by atoms with van der Waals surface area (Å²) in [4.78, 5) is 51.2. The Morgan fingerprint density at radius 1 is 1.09 bits per heavy atom. The van der Waals surface area contributed by atoms with E-state index in [1.165, 1.54) is 22.2 Å². The number of thioether (sulfide) groups is 1. The number of carbonyl (C=O) groups excluding carboxylic acids is 2. The fraction of sp³-hybridized carbons (Fsp3) is 0.417. The first kappa shape index (κ1) is 22.2. The molecule has 9 heteroatoms. The Morgan fingerprint density at radius 2 is 1.82 bits per heavy atom. The molecule has 0 spiro atoms. The summed E-state index contributed by atoms with van der Waals surface area (Å²) in [6.45, 7) is 4.16. The third-order valence-corrected chi connectivity index (χ3v) is 8.42. The van der Waals surface area contributed by atoms with Crippen molar-refractivity contribution in [3.8, 4) is 0 Å². The van der Waals surface area contributed by atoms with Crippen molar-refractivity contribution < 1.29 is 9.59 Å². The molecule has 33 heavy (non-hydrogen) atoms. The number of amides is 2. The zero-order chi connectivity index (χ0) is 22.9. The predicted octanol–water partition coefficient (Wildman–Crippen LogP) is 3.00. The van der Waals surface area contributed by atoms with Gasteiger partial charge in [0.05, 0.1) is 16.9 Å². The van der Waals surface area contributed by atoms with Crippen LogP contribution in [0.2, 0.25) is 0 Å². The van der Waals surface area contributed by atoms with Crippen molar-refractivity contribution in [2.75, 3.05) is 31.9 Å². The van der Waals surface area contributed by atoms with Crippen molar-refractivity contribution in [1.82, 2.24) is 19.8 Å². The lowest BCUT2D eigenvalue weighted by Gasteiger charge is -2.34. The number of hydrogen-bond acceptors (Lipinski definition) is 6. The summed E-state index contributed by atoms with van der Waals surface area (Å²) in [7, 11) is 0. The van der Waals surface area contributed by atoms with Crippen LogP contribution in [0.5, 0.6) is 0 Å². The van der Waals surface area contributed by atoms with Gasteiger partial charge in [0.1, 0.15) is 10.7 Å². The van der Waals surface area contributed by atoms with E-state index in [0.29, 0.717) is 49.1 Å². The van der Waals surface area contributed by atoms with E-state index in [0.717, 1.165) is 35.0 Å². The fourth-order valence-electron chi connectivity index (χ4n) is 4.48. The molecule has 172 valence electrons. The van der Waals surface area contributed by atoms with Gasteiger partial charge in [0, 0.05) is 36.6 Å². The Morgan fingerprint density at radius 3 is 2.58 bits per heavy atom. The maximum absolute atomic E-state index is 12.7. The highest BCUT2D eigenvalue weighted by atomic mass is 32.2. The molecule has 1 aliphatic carbocycles. The monoisotopic (exact) mass is 482 g/mol. The molecule has 1 aliphatic heterocycles. The molecule has 0 atom stereocenters. The Hall–Kier alpha value is -2.65. The van der Waals surface area contributed by atoms with E-state index in [9.17, 15) is 14.4 Å². The topological polar surface area (TPSA) is 86.4 Å². The summed E-state index contributed by atoms with van der Waals surface area (Å²) in [6, 6.07) is 7.58. The standard InChI is InChI=1S/C24H26N4O3S2/c1-15-5-7-16(8-6-15)24(31)28-11-9-27(10-12-28)20(29)14-32-13-19-25-22(30)21-17-3-2-4-18(17)33-23(21)26-19/h5-8H,2-4,9-14H2,1H3,(H,25,26,30). The highest BCUT2D eigenvalue weighted by Gasteiger charge is 2.25. The number of carbonyl (C=O) groups is 2. The van der Waals surface area contributed by atoms with Crippen LogP contribution < -0.4 is 5.56 Å². The fourth-order valence-corrected chi connectivity index (χ4v) is 6.55. The molecule has 1 aromatic carbocycles. The number of fused-ring (bicyclic) bond motifs is 3. The first-order valence-electron chi connectivity index (χ1n) is 11.2. The van der Waals surface area contributed by atoms with Gasteiger partial charge >= 0.3 is 0 Å². The quantitative estimate of drug-likeness (QED) is 0.604. The second kappa shape index (κ2) is 9.30. The van der Waals surface area contributed by atoms with Gasteiger partial charge in [0.2, 0.25) is 5.91 Å². The van der Waals surface area contributed by atoms with Crippen molar-refractivity contribution in [1.29, 1.82) is 0 Å². The normalized spacial score (nSPS) is 15.8. The molecule has 0 saturated carbocycles. The van der Waals surface area contributed by atoms with Crippen LogP contribution in [0.15, 0.2) is 29.1 Å². The third kappa shape index (κ3) is 4.56. The summed E-state index contributed by atoms with van der Waals surface area (Å²) in [5.41, 5.74) is 2.93. The SMILES string of the molecule is Cc1ccc(C(=O)N2CCN(C(=O)CSCc3nc4sc5c(c4c(=O)[nH]3)CCC5)CC2)cc1. The number of hydrogen-bond donors (Lipinski definition) is 1. The van der Waals surface area contributed by atoms with Crippen molar-refractivity contribution in [3.63, 3.8) is 0 Å². The zero-order valence-electron chi connectivity index (χ0n) is 18.6. The average Bonchev–Trinajstić information content (AvgIpc) is 3.40. The van der Waals surface area contributed by atoms with E-state index in [1.54, 1.807) is 11.3 Å². The van der Waals surface area contributed by atoms with Gasteiger partial charge in [-0.2, -0.15) is 0 Å². The Labute approximate surface area is 200 Å². The van der Waals surface area contributed by atoms with Gasteiger partial charge < -0.3 is 14.8 Å². The van der Waals surface area contributed by atoms with Gasteiger partial charge in [0.25, 0.3) is 11.5 Å². The second-order valence-electron chi connectivity index (χ2n) is 8.58. The average molecular weight is 483 g/mol. The van der Waals surface area contributed by atoms with Crippen LogP contribution in [0.4, 0.5) is 0 Å². The van der Waals surface area contributed by atoms with Gasteiger partial charge in [-0.15, -0.1) is 23.1 Å². The number of nitrogens with one attached hydrogen (secondary N) is 1. The number of aromatic amines is 1. The van der Waals surface area contributed by atoms with Gasteiger partial charge in [-0.05, 0) is 43.9 Å². The summed E-state index contributed by atoms with van der Waals surface area (Å²) in [6.07, 6.45) is 3.12. The largest absolute Gasteiger partial charge is 0.338 e. The number of H-pyrrole nitrogens is 1. The molecule has 3 aromatic rings. The van der Waals surface area contributed by atoms with E-state index >= 15 is 0 Å². The molecule has 5 rings (SSSR count). The Bertz CT molecular complexity index is 1260. The number of benzene rings is 1.